The van der Waals surface area contributed by atoms with E-state index in [-0.39, 0.29) is 17.2 Å². The monoisotopic (exact) mass is 518 g/mol. The molecule has 1 aliphatic carbocycles. The molecule has 37 heavy (non-hydrogen) atoms. The number of hydrogen-bond acceptors (Lipinski definition) is 6. The molecule has 2 aliphatic rings. The zero-order valence-electron chi connectivity index (χ0n) is 20.9. The molecule has 1 saturated carbocycles. The molecular formula is C28H30N4O4S. The maximum absolute atomic E-state index is 13.0. The van der Waals surface area contributed by atoms with Crippen LogP contribution in [0.15, 0.2) is 70.8 Å². The lowest BCUT2D eigenvalue weighted by Gasteiger charge is -2.40. The number of allylic oxidation sites excluding steroid dienone is 1. The second-order valence-electron chi connectivity index (χ2n) is 9.74. The summed E-state index contributed by atoms with van der Waals surface area (Å²) in [6.45, 7) is 1.74. The highest BCUT2D eigenvalue weighted by molar-refractivity contribution is 7.99. The zero-order chi connectivity index (χ0) is 26.2. The van der Waals surface area contributed by atoms with Crippen molar-refractivity contribution in [1.82, 2.24) is 9.78 Å². The Hall–Kier alpha value is -3.59. The van der Waals surface area contributed by atoms with Crippen molar-refractivity contribution in [1.29, 1.82) is 0 Å². The summed E-state index contributed by atoms with van der Waals surface area (Å²) >= 11 is 1.62. The van der Waals surface area contributed by atoms with Crippen LogP contribution in [0.2, 0.25) is 0 Å². The van der Waals surface area contributed by atoms with Gasteiger partial charge in [-0.1, -0.05) is 49.2 Å². The number of aryl methyl sites for hydroxylation is 1. The van der Waals surface area contributed by atoms with Crippen molar-refractivity contribution < 1.29 is 14.8 Å². The Bertz CT molecular complexity index is 1380. The summed E-state index contributed by atoms with van der Waals surface area (Å²) in [7, 11) is 1.85. The highest BCUT2D eigenvalue weighted by Gasteiger charge is 2.53. The molecule has 0 saturated heterocycles. The number of aromatic nitrogens is 2. The summed E-state index contributed by atoms with van der Waals surface area (Å²) in [5.41, 5.74) is 1.34. The fraction of sp³-hybridized carbons (Fsp3) is 0.357. The predicted molar refractivity (Wildman–Crippen MR) is 144 cm³/mol. The molecule has 1 aliphatic heterocycles. The topological polar surface area (TPSA) is 110 Å². The van der Waals surface area contributed by atoms with Crippen molar-refractivity contribution in [2.75, 3.05) is 11.1 Å². The molecule has 0 bridgehead atoms. The molecule has 192 valence electrons. The molecule has 1 atom stereocenters. The van der Waals surface area contributed by atoms with Crippen LogP contribution in [0.3, 0.4) is 0 Å². The summed E-state index contributed by atoms with van der Waals surface area (Å²) in [5, 5.41) is 31.2. The van der Waals surface area contributed by atoms with E-state index in [9.17, 15) is 20.0 Å². The average Bonchev–Trinajstić information content (AvgIpc) is 3.53. The van der Waals surface area contributed by atoms with Crippen molar-refractivity contribution in [3.63, 3.8) is 0 Å². The van der Waals surface area contributed by atoms with Gasteiger partial charge in [0.05, 0.1) is 21.6 Å². The number of nitrogens with zero attached hydrogens (tertiary/aromatic N) is 3. The molecule has 2 N–H and O–H groups in total. The first-order valence-electron chi connectivity index (χ1n) is 12.6. The average molecular weight is 519 g/mol. The van der Waals surface area contributed by atoms with E-state index in [1.807, 2.05) is 37.4 Å². The number of anilines is 1. The van der Waals surface area contributed by atoms with E-state index in [2.05, 4.69) is 5.32 Å². The number of carboxylic acid groups (broad SMARTS) is 1. The van der Waals surface area contributed by atoms with Crippen LogP contribution < -0.4 is 5.32 Å². The Morgan fingerprint density at radius 2 is 1.86 bits per heavy atom. The van der Waals surface area contributed by atoms with Gasteiger partial charge in [0.25, 0.3) is 5.69 Å². The first-order chi connectivity index (χ1) is 17.8. The number of hydrogen-bond donors (Lipinski definition) is 2. The van der Waals surface area contributed by atoms with Crippen LogP contribution in [0.25, 0.3) is 0 Å². The van der Waals surface area contributed by atoms with Gasteiger partial charge in [-0.15, -0.1) is 11.8 Å². The van der Waals surface area contributed by atoms with Gasteiger partial charge in [-0.3, -0.25) is 14.8 Å². The van der Waals surface area contributed by atoms with Crippen LogP contribution in [0.1, 0.15) is 61.8 Å². The molecule has 1 aromatic heterocycles. The van der Waals surface area contributed by atoms with E-state index in [0.717, 1.165) is 41.8 Å². The molecule has 0 radical (unpaired) electrons. The smallest absolute Gasteiger partial charge is 0.334 e. The quantitative estimate of drug-likeness (QED) is 0.206. The van der Waals surface area contributed by atoms with Gasteiger partial charge in [0.2, 0.25) is 0 Å². The number of carbonyl (C=O) groups is 1. The van der Waals surface area contributed by atoms with Gasteiger partial charge in [-0.05, 0) is 44.1 Å². The summed E-state index contributed by atoms with van der Waals surface area (Å²) in [6.07, 6.45) is 4.50. The second kappa shape index (κ2) is 10.0. The molecule has 2 heterocycles. The molecular weight excluding hydrogens is 488 g/mol. The summed E-state index contributed by atoms with van der Waals surface area (Å²) in [5.74, 6) is 0.389. The van der Waals surface area contributed by atoms with Gasteiger partial charge < -0.3 is 10.4 Å². The van der Waals surface area contributed by atoms with Crippen molar-refractivity contribution in [3.05, 3.63) is 92.8 Å². The van der Waals surface area contributed by atoms with Crippen LogP contribution in [0, 0.1) is 10.1 Å². The number of aliphatic carboxylic acids is 1. The molecule has 8 nitrogen and oxygen atoms in total. The number of nitro groups is 1. The van der Waals surface area contributed by atoms with Crippen LogP contribution in [-0.4, -0.2) is 31.5 Å². The lowest BCUT2D eigenvalue weighted by atomic mass is 9.63. The van der Waals surface area contributed by atoms with Gasteiger partial charge in [0.15, 0.2) is 0 Å². The highest BCUT2D eigenvalue weighted by Crippen LogP contribution is 2.55. The SMILES string of the molecule is CC1=C(C(=O)O)C(CCSc2ccccc2)(c2ccccc2[N+](=O)[O-])c2c(C3CCCC3)nn(C)c2N1. The fourth-order valence-electron chi connectivity index (χ4n) is 6.11. The van der Waals surface area contributed by atoms with Crippen LogP contribution in [0.4, 0.5) is 11.5 Å². The predicted octanol–water partition coefficient (Wildman–Crippen LogP) is 6.24. The van der Waals surface area contributed by atoms with Crippen molar-refractivity contribution >= 4 is 29.2 Å². The minimum Gasteiger partial charge on any atom is -0.478 e. The maximum atomic E-state index is 13.0. The minimum absolute atomic E-state index is 0.0761. The maximum Gasteiger partial charge on any atom is 0.334 e. The van der Waals surface area contributed by atoms with E-state index in [1.54, 1.807) is 41.6 Å². The Morgan fingerprint density at radius 3 is 2.54 bits per heavy atom. The van der Waals surface area contributed by atoms with Gasteiger partial charge in [-0.25, -0.2) is 4.79 Å². The molecule has 1 fully saturated rings. The van der Waals surface area contributed by atoms with Gasteiger partial charge in [0, 0.05) is 40.8 Å². The van der Waals surface area contributed by atoms with Crippen molar-refractivity contribution in [3.8, 4) is 0 Å². The molecule has 5 rings (SSSR count). The third-order valence-corrected chi connectivity index (χ3v) is 8.63. The van der Waals surface area contributed by atoms with E-state index in [1.165, 1.54) is 6.07 Å². The normalized spacial score (nSPS) is 19.5. The fourth-order valence-corrected chi connectivity index (χ4v) is 7.10. The summed E-state index contributed by atoms with van der Waals surface area (Å²) < 4.78 is 1.78. The summed E-state index contributed by atoms with van der Waals surface area (Å²) in [4.78, 5) is 26.0. The number of benzene rings is 2. The summed E-state index contributed by atoms with van der Waals surface area (Å²) in [6, 6.07) is 16.5. The van der Waals surface area contributed by atoms with E-state index in [4.69, 9.17) is 5.10 Å². The molecule has 0 spiro atoms. The zero-order valence-corrected chi connectivity index (χ0v) is 21.8. The molecule has 9 heteroatoms. The lowest BCUT2D eigenvalue weighted by Crippen LogP contribution is -2.41. The molecule has 3 aromatic rings. The van der Waals surface area contributed by atoms with E-state index in [0.29, 0.717) is 29.3 Å². The van der Waals surface area contributed by atoms with Crippen LogP contribution in [0.5, 0.6) is 0 Å². The first kappa shape index (κ1) is 25.1. The Balaban J connectivity index is 1.79. The first-order valence-corrected chi connectivity index (χ1v) is 13.5. The number of para-hydroxylation sites is 1. The van der Waals surface area contributed by atoms with Gasteiger partial charge >= 0.3 is 5.97 Å². The molecule has 0 amide bonds. The number of rotatable bonds is 8. The lowest BCUT2D eigenvalue weighted by molar-refractivity contribution is -0.385. The third kappa shape index (κ3) is 4.31. The standard InChI is InChI=1S/C28H30N4O4S/c1-18-23(27(33)34)28(16-17-37-20-12-4-3-5-13-20,21-14-8-9-15-22(21)32(35)36)24-25(19-10-6-7-11-19)30-31(2)26(24)29-18/h3-5,8-9,12-15,19,29H,6-7,10-11,16-17H2,1-2H3,(H,33,34). The van der Waals surface area contributed by atoms with Crippen LogP contribution >= 0.6 is 11.8 Å². The van der Waals surface area contributed by atoms with Crippen LogP contribution in [-0.2, 0) is 17.3 Å². The number of thioether (sulfide) groups is 1. The highest BCUT2D eigenvalue weighted by atomic mass is 32.2. The Kier molecular flexibility index (Phi) is 6.81. The third-order valence-electron chi connectivity index (χ3n) is 7.61. The second-order valence-corrected chi connectivity index (χ2v) is 10.9. The number of fused-ring (bicyclic) bond motifs is 1. The van der Waals surface area contributed by atoms with Crippen molar-refractivity contribution in [2.45, 2.75) is 55.3 Å². The number of nitrogens with one attached hydrogen (secondary N) is 1. The Morgan fingerprint density at radius 1 is 1.19 bits per heavy atom. The molecule has 2 aromatic carbocycles. The Labute approximate surface area is 219 Å². The van der Waals surface area contributed by atoms with E-state index >= 15 is 0 Å². The minimum atomic E-state index is -1.24. The van der Waals surface area contributed by atoms with Crippen molar-refractivity contribution in [2.24, 2.45) is 7.05 Å². The molecule has 1 unspecified atom stereocenters. The number of carboxylic acids is 1. The van der Waals surface area contributed by atoms with Gasteiger partial charge in [-0.2, -0.15) is 5.10 Å². The largest absolute Gasteiger partial charge is 0.478 e. The number of nitro benzene ring substituents is 1. The van der Waals surface area contributed by atoms with Gasteiger partial charge in [0.1, 0.15) is 5.82 Å². The van der Waals surface area contributed by atoms with E-state index < -0.39 is 16.3 Å².